The van der Waals surface area contributed by atoms with Gasteiger partial charge in [0.05, 0.1) is 63.2 Å². The largest absolute Gasteiger partial charge is 0.309 e. The second-order valence-corrected chi connectivity index (χ2v) is 12.0. The lowest BCUT2D eigenvalue weighted by atomic mass is 10.0. The molecule has 238 valence electrons. The number of benzene rings is 8. The number of rotatable bonds is 4. The van der Waals surface area contributed by atoms with Crippen molar-refractivity contribution in [1.29, 1.82) is 0 Å². The van der Waals surface area contributed by atoms with E-state index < -0.39 is 253 Å². The average molecular weight is 697 g/mol. The maximum atomic E-state index is 9.91. The van der Waals surface area contributed by atoms with Crippen molar-refractivity contribution in [2.75, 3.05) is 0 Å². The molecule has 0 aliphatic heterocycles. The van der Waals surface area contributed by atoms with Crippen LogP contribution in [0, 0.1) is 0 Å². The molecule has 0 spiro atoms. The first kappa shape index (κ1) is 11.8. The molecule has 11 rings (SSSR count). The minimum atomic E-state index is -1.01. The predicted octanol–water partition coefficient (Wildman–Crippen LogP) is 13.6. The number of thiophene rings is 1. The minimum absolute atomic E-state index is 0.213. The highest BCUT2D eigenvalue weighted by atomic mass is 32.1. The van der Waals surface area contributed by atoms with Crippen LogP contribution in [0.1, 0.15) is 41.1 Å². The lowest BCUT2D eigenvalue weighted by Crippen LogP contribution is -1.94. The van der Waals surface area contributed by atoms with Crippen LogP contribution in [0.25, 0.3) is 97.4 Å². The number of aromatic nitrogens is 2. The van der Waals surface area contributed by atoms with E-state index in [9.17, 15) is 19.2 Å². The van der Waals surface area contributed by atoms with Gasteiger partial charge in [0.1, 0.15) is 0 Å². The molecule has 0 saturated heterocycles. The first-order valence-electron chi connectivity index (χ1n) is 30.0. The van der Waals surface area contributed by atoms with Crippen molar-refractivity contribution in [2.45, 2.75) is 0 Å². The summed E-state index contributed by atoms with van der Waals surface area (Å²) in [5.41, 5.74) is -6.76. The van der Waals surface area contributed by atoms with E-state index in [1.54, 1.807) is 0 Å². The van der Waals surface area contributed by atoms with Crippen LogP contribution in [0.5, 0.6) is 0 Å². The number of hydrogen-bond acceptors (Lipinski definition) is 1. The number of hydrogen-bond donors (Lipinski definition) is 0. The smallest absolute Gasteiger partial charge is 0.0651 e. The third-order valence-electron chi connectivity index (χ3n) is 8.35. The number of para-hydroxylation sites is 2. The van der Waals surface area contributed by atoms with Crippen molar-refractivity contribution in [3.63, 3.8) is 0 Å². The van der Waals surface area contributed by atoms with Crippen molar-refractivity contribution in [3.8, 4) is 33.6 Å². The summed E-state index contributed by atoms with van der Waals surface area (Å²) in [7, 11) is 0. The Morgan fingerprint density at radius 3 is 1.75 bits per heavy atom. The zero-order chi connectivity index (χ0) is 59.6. The molecule has 3 aromatic heterocycles. The zero-order valence-corrected chi connectivity index (χ0v) is 26.1. The van der Waals surface area contributed by atoms with E-state index in [1.807, 2.05) is 0 Å². The van der Waals surface area contributed by atoms with Gasteiger partial charge < -0.3 is 9.13 Å². The first-order chi connectivity index (χ1) is 37.8. The van der Waals surface area contributed by atoms with Gasteiger partial charge in [-0.05, 0) is 70.6 Å². The molecule has 0 fully saturated rings. The molecule has 0 aliphatic rings. The van der Waals surface area contributed by atoms with E-state index in [2.05, 4.69) is 0 Å². The Balaban J connectivity index is 1.40. The summed E-state index contributed by atoms with van der Waals surface area (Å²) < 4.78 is 271. The fraction of sp³-hybridized carbons (Fsp3) is 0. The molecule has 0 radical (unpaired) electrons. The molecule has 51 heavy (non-hydrogen) atoms. The van der Waals surface area contributed by atoms with Gasteiger partial charge in [-0.15, -0.1) is 11.3 Å². The Morgan fingerprint density at radius 1 is 0.373 bits per heavy atom. The van der Waals surface area contributed by atoms with Crippen LogP contribution in [-0.4, -0.2) is 9.13 Å². The molecular weight excluding hydrogens is 637 g/mol. The summed E-state index contributed by atoms with van der Waals surface area (Å²) in [5.74, 6) is 0. The number of fused-ring (bicyclic) bond motifs is 11. The summed E-state index contributed by atoms with van der Waals surface area (Å²) in [6, 6.07) is -26.8. The SMILES string of the molecule is [2H]c1c([2H])c([2H])c(-c2c([2H])c([2H])c(-n3c4c([2H])c([2H])c([2H])c([2H])c4c4c([2H])c([2H])c5sc6c(c([2H])c([2H])c7c6c6c([2H])c([2H])c([2H])c([2H])c6n7-c6c([2H])c([2H])c([2H])c(-c7c([2H])c([2H])c([2H])c([2H])c7[2H])c6[2H])c5c43)c([2H])c2[2H])c([2H])c1[2H]. The van der Waals surface area contributed by atoms with E-state index in [1.165, 1.54) is 0 Å². The van der Waals surface area contributed by atoms with Gasteiger partial charge in [0.25, 0.3) is 0 Å². The van der Waals surface area contributed by atoms with E-state index >= 15 is 0 Å². The van der Waals surface area contributed by atoms with Gasteiger partial charge in [-0.2, -0.15) is 0 Å². The highest BCUT2D eigenvalue weighted by molar-refractivity contribution is 7.27. The van der Waals surface area contributed by atoms with Crippen LogP contribution in [-0.2, 0) is 0 Å². The molecular formula is C48H30N2S. The normalized spacial score (nSPS) is 20.2. The minimum Gasteiger partial charge on any atom is -0.309 e. The highest BCUT2D eigenvalue weighted by Crippen LogP contribution is 2.47. The topological polar surface area (TPSA) is 9.86 Å². The first-order valence-corrected chi connectivity index (χ1v) is 15.8. The van der Waals surface area contributed by atoms with Crippen molar-refractivity contribution >= 4 is 75.1 Å². The third kappa shape index (κ3) is 4.22. The van der Waals surface area contributed by atoms with Gasteiger partial charge in [0.2, 0.25) is 0 Å². The van der Waals surface area contributed by atoms with Gasteiger partial charge >= 0.3 is 0 Å². The van der Waals surface area contributed by atoms with E-state index in [0.717, 1.165) is 9.13 Å². The Labute approximate surface area is 340 Å². The van der Waals surface area contributed by atoms with Crippen LogP contribution in [0.2, 0.25) is 0 Å². The van der Waals surface area contributed by atoms with Crippen LogP contribution in [0.3, 0.4) is 0 Å². The van der Waals surface area contributed by atoms with E-state index in [-0.39, 0.29) is 25.6 Å². The summed E-state index contributed by atoms with van der Waals surface area (Å²) in [4.78, 5) is 0. The molecule has 8 aromatic carbocycles. The lowest BCUT2D eigenvalue weighted by Gasteiger charge is -2.11. The van der Waals surface area contributed by atoms with E-state index in [4.69, 9.17) is 21.9 Å². The van der Waals surface area contributed by atoms with Gasteiger partial charge in [-0.25, -0.2) is 0 Å². The summed E-state index contributed by atoms with van der Waals surface area (Å²) in [6.45, 7) is 0. The summed E-state index contributed by atoms with van der Waals surface area (Å²) in [6.07, 6.45) is 0. The van der Waals surface area contributed by atoms with Crippen molar-refractivity contribution in [3.05, 3.63) is 181 Å². The second-order valence-electron chi connectivity index (χ2n) is 11.0. The van der Waals surface area contributed by atoms with Crippen LogP contribution in [0.4, 0.5) is 0 Å². The molecule has 11 aromatic rings. The lowest BCUT2D eigenvalue weighted by molar-refractivity contribution is 1.18. The van der Waals surface area contributed by atoms with Crippen LogP contribution >= 0.6 is 11.3 Å². The molecule has 0 N–H and O–H groups in total. The fourth-order valence-corrected chi connectivity index (χ4v) is 7.45. The molecule has 0 aliphatic carbocycles. The standard InChI is InChI=1S/C48H30N2S/c1-3-12-31(13-4-1)33-22-24-35(25-23-33)50-41-20-9-7-18-37(41)38-27-29-44-46(47(38)50)40-26-28-43-45(48(40)51-44)39-19-8-10-21-42(39)49(43)36-17-11-16-34(30-36)32-14-5-2-6-15-32/h1-30H/i1D,2D,3D,4D,5D,6D,7D,8D,9D,10D,11D,12D,13D,14D,15D,16D,17D,18D,19D,20D,21D,22D,23D,24D,25D,26D,27D,28D,29D,30D. The Kier molecular flexibility index (Phi) is 2.56. The van der Waals surface area contributed by atoms with Gasteiger partial charge in [0.15, 0.2) is 0 Å². The summed E-state index contributed by atoms with van der Waals surface area (Å²) >= 11 is 0.602. The Bertz CT molecular complexity index is 4790. The molecule has 3 heterocycles. The Morgan fingerprint density at radius 2 is 0.980 bits per heavy atom. The van der Waals surface area contributed by atoms with Crippen molar-refractivity contribution < 1.29 is 41.1 Å². The summed E-state index contributed by atoms with van der Waals surface area (Å²) in [5, 5.41) is -2.45. The van der Waals surface area contributed by atoms with Crippen LogP contribution in [0.15, 0.2) is 181 Å². The number of nitrogens with zero attached hydrogens (tertiary/aromatic N) is 2. The predicted molar refractivity (Wildman–Crippen MR) is 219 cm³/mol. The zero-order valence-electron chi connectivity index (χ0n) is 55.3. The molecule has 3 heteroatoms. The second kappa shape index (κ2) is 11.0. The quantitative estimate of drug-likeness (QED) is 0.173. The van der Waals surface area contributed by atoms with Gasteiger partial charge in [0, 0.05) is 53.1 Å². The van der Waals surface area contributed by atoms with E-state index in [0.29, 0.717) is 11.3 Å². The molecule has 0 bridgehead atoms. The molecule has 2 nitrogen and oxygen atoms in total. The maximum Gasteiger partial charge on any atom is 0.0651 e. The van der Waals surface area contributed by atoms with Crippen molar-refractivity contribution in [1.82, 2.24) is 9.13 Å². The average Bonchev–Trinajstić information content (AvgIpc) is 2.01. The van der Waals surface area contributed by atoms with Crippen LogP contribution < -0.4 is 0 Å². The fourth-order valence-electron chi connectivity index (χ4n) is 6.28. The monoisotopic (exact) mass is 696 g/mol. The Hall–Kier alpha value is -6.42. The molecule has 0 amide bonds. The maximum absolute atomic E-state index is 9.91. The molecule has 0 atom stereocenters. The van der Waals surface area contributed by atoms with Gasteiger partial charge in [-0.1, -0.05) is 133 Å². The highest BCUT2D eigenvalue weighted by Gasteiger charge is 2.22. The van der Waals surface area contributed by atoms with Gasteiger partial charge in [-0.3, -0.25) is 0 Å². The molecule has 0 unspecified atom stereocenters. The molecule has 0 saturated carbocycles. The third-order valence-corrected chi connectivity index (χ3v) is 9.48. The van der Waals surface area contributed by atoms with Crippen molar-refractivity contribution in [2.24, 2.45) is 0 Å².